The Morgan fingerprint density at radius 3 is 2.65 bits per heavy atom. The van der Waals surface area contributed by atoms with Crippen LogP contribution in [0.25, 0.3) is 0 Å². The molecule has 7 heteroatoms. The summed E-state index contributed by atoms with van der Waals surface area (Å²) in [4.78, 5) is 23.9. The van der Waals surface area contributed by atoms with E-state index in [1.807, 2.05) is 17.0 Å². The topological polar surface area (TPSA) is 69.1 Å². The summed E-state index contributed by atoms with van der Waals surface area (Å²) in [5, 5.41) is 9.80. The van der Waals surface area contributed by atoms with Crippen LogP contribution >= 0.6 is 0 Å². The van der Waals surface area contributed by atoms with E-state index >= 15 is 0 Å². The fraction of sp³-hybridized carbons (Fsp3) is 0.684. The molecule has 1 aromatic rings. The molecule has 2 saturated heterocycles. The SMILES string of the molecule is COCc1cccc(C(=O)N2CC(CO)C(CN3CCN(C)CC3)C2)n1. The van der Waals surface area contributed by atoms with Gasteiger partial charge in [0.25, 0.3) is 5.91 Å². The Hall–Kier alpha value is -1.54. The maximum Gasteiger partial charge on any atom is 0.272 e. The molecule has 2 fully saturated rings. The van der Waals surface area contributed by atoms with Crippen molar-refractivity contribution < 1.29 is 14.6 Å². The first-order chi connectivity index (χ1) is 12.6. The van der Waals surface area contributed by atoms with E-state index < -0.39 is 0 Å². The zero-order valence-corrected chi connectivity index (χ0v) is 15.8. The Morgan fingerprint density at radius 2 is 1.96 bits per heavy atom. The van der Waals surface area contributed by atoms with Gasteiger partial charge >= 0.3 is 0 Å². The van der Waals surface area contributed by atoms with Gasteiger partial charge in [0, 0.05) is 65.4 Å². The molecular formula is C19H30N4O3. The molecule has 1 aromatic heterocycles. The van der Waals surface area contributed by atoms with Gasteiger partial charge < -0.3 is 24.5 Å². The molecule has 0 bridgehead atoms. The van der Waals surface area contributed by atoms with E-state index in [2.05, 4.69) is 21.8 Å². The van der Waals surface area contributed by atoms with E-state index in [-0.39, 0.29) is 18.4 Å². The summed E-state index contributed by atoms with van der Waals surface area (Å²) >= 11 is 0. The van der Waals surface area contributed by atoms with E-state index in [0.29, 0.717) is 31.3 Å². The summed E-state index contributed by atoms with van der Waals surface area (Å²) in [5.74, 6) is 0.401. The number of hydrogen-bond acceptors (Lipinski definition) is 6. The Morgan fingerprint density at radius 1 is 1.23 bits per heavy atom. The Bertz CT molecular complexity index is 604. The van der Waals surface area contributed by atoms with Crippen LogP contribution in [0.1, 0.15) is 16.2 Å². The zero-order chi connectivity index (χ0) is 18.5. The average molecular weight is 362 g/mol. The summed E-state index contributed by atoms with van der Waals surface area (Å²) in [7, 11) is 3.76. The molecule has 2 unspecified atom stereocenters. The third-order valence-electron chi connectivity index (χ3n) is 5.50. The van der Waals surface area contributed by atoms with E-state index in [0.717, 1.165) is 38.4 Å². The molecule has 0 aromatic carbocycles. The first-order valence-corrected chi connectivity index (χ1v) is 9.36. The number of aliphatic hydroxyl groups is 1. The highest BCUT2D eigenvalue weighted by atomic mass is 16.5. The van der Waals surface area contributed by atoms with Crippen LogP contribution in [-0.2, 0) is 11.3 Å². The molecule has 26 heavy (non-hydrogen) atoms. The summed E-state index contributed by atoms with van der Waals surface area (Å²) in [5.41, 5.74) is 1.21. The molecule has 1 amide bonds. The summed E-state index contributed by atoms with van der Waals surface area (Å²) in [6.45, 7) is 7.02. The van der Waals surface area contributed by atoms with Crippen molar-refractivity contribution in [2.45, 2.75) is 6.61 Å². The molecular weight excluding hydrogens is 332 g/mol. The van der Waals surface area contributed by atoms with Crippen molar-refractivity contribution in [3.8, 4) is 0 Å². The van der Waals surface area contributed by atoms with Crippen LogP contribution in [0.3, 0.4) is 0 Å². The van der Waals surface area contributed by atoms with Crippen LogP contribution in [-0.4, -0.2) is 97.3 Å². The number of piperazine rings is 1. The smallest absolute Gasteiger partial charge is 0.272 e. The normalized spacial score (nSPS) is 25.0. The van der Waals surface area contributed by atoms with Gasteiger partial charge in [-0.15, -0.1) is 0 Å². The minimum Gasteiger partial charge on any atom is -0.396 e. The predicted molar refractivity (Wildman–Crippen MR) is 98.9 cm³/mol. The number of amides is 1. The largest absolute Gasteiger partial charge is 0.396 e. The van der Waals surface area contributed by atoms with E-state index in [9.17, 15) is 9.90 Å². The third-order valence-corrected chi connectivity index (χ3v) is 5.50. The summed E-state index contributed by atoms with van der Waals surface area (Å²) < 4.78 is 5.10. The molecule has 2 aliphatic heterocycles. The molecule has 0 spiro atoms. The van der Waals surface area contributed by atoms with Crippen molar-refractivity contribution in [3.63, 3.8) is 0 Å². The van der Waals surface area contributed by atoms with Crippen LogP contribution in [0.15, 0.2) is 18.2 Å². The van der Waals surface area contributed by atoms with Crippen LogP contribution < -0.4 is 0 Å². The van der Waals surface area contributed by atoms with Gasteiger partial charge in [0.15, 0.2) is 0 Å². The van der Waals surface area contributed by atoms with Crippen molar-refractivity contribution in [3.05, 3.63) is 29.6 Å². The zero-order valence-electron chi connectivity index (χ0n) is 15.8. The van der Waals surface area contributed by atoms with Gasteiger partial charge in [-0.1, -0.05) is 6.07 Å². The number of methoxy groups -OCH3 is 1. The van der Waals surface area contributed by atoms with Crippen molar-refractivity contribution in [2.75, 3.05) is 66.6 Å². The second-order valence-corrected chi connectivity index (χ2v) is 7.46. The number of rotatable bonds is 6. The highest BCUT2D eigenvalue weighted by Gasteiger charge is 2.36. The highest BCUT2D eigenvalue weighted by Crippen LogP contribution is 2.26. The second-order valence-electron chi connectivity index (χ2n) is 7.46. The van der Waals surface area contributed by atoms with Crippen LogP contribution in [0, 0.1) is 11.8 Å². The lowest BCUT2D eigenvalue weighted by molar-refractivity contribution is 0.0770. The molecule has 0 radical (unpaired) electrons. The molecule has 2 aliphatic rings. The molecule has 7 nitrogen and oxygen atoms in total. The average Bonchev–Trinajstić information content (AvgIpc) is 3.06. The number of likely N-dealkylation sites (tertiary alicyclic amines) is 1. The minimum absolute atomic E-state index is 0.0534. The fourth-order valence-electron chi connectivity index (χ4n) is 3.87. The number of aliphatic hydroxyl groups excluding tert-OH is 1. The van der Waals surface area contributed by atoms with Gasteiger partial charge in [0.1, 0.15) is 5.69 Å². The van der Waals surface area contributed by atoms with Crippen LogP contribution in [0.4, 0.5) is 0 Å². The number of aromatic nitrogens is 1. The van der Waals surface area contributed by atoms with E-state index in [1.165, 1.54) is 0 Å². The standard InChI is InChI=1S/C19H30N4O3/c1-21-6-8-22(9-7-21)10-15-11-23(12-16(15)13-24)19(25)18-5-3-4-17(20-18)14-26-2/h3-5,15-16,24H,6-14H2,1-2H3. The number of likely N-dealkylation sites (N-methyl/N-ethyl adjacent to an activating group) is 1. The third kappa shape index (κ3) is 4.59. The lowest BCUT2D eigenvalue weighted by Crippen LogP contribution is -2.47. The molecule has 2 atom stereocenters. The molecule has 3 rings (SSSR count). The van der Waals surface area contributed by atoms with Gasteiger partial charge in [-0.2, -0.15) is 0 Å². The lowest BCUT2D eigenvalue weighted by atomic mass is 9.96. The lowest BCUT2D eigenvalue weighted by Gasteiger charge is -2.34. The second kappa shape index (κ2) is 8.90. The molecule has 0 aliphatic carbocycles. The Labute approximate surface area is 155 Å². The number of nitrogens with zero attached hydrogens (tertiary/aromatic N) is 4. The van der Waals surface area contributed by atoms with Gasteiger partial charge in [0.2, 0.25) is 0 Å². The maximum atomic E-state index is 12.9. The number of pyridine rings is 1. The quantitative estimate of drug-likeness (QED) is 0.777. The maximum absolute atomic E-state index is 12.9. The van der Waals surface area contributed by atoms with Crippen molar-refractivity contribution >= 4 is 5.91 Å². The fourth-order valence-corrected chi connectivity index (χ4v) is 3.87. The Kier molecular flexibility index (Phi) is 6.58. The van der Waals surface area contributed by atoms with Crippen LogP contribution in [0.5, 0.6) is 0 Å². The van der Waals surface area contributed by atoms with Gasteiger partial charge in [0.05, 0.1) is 12.3 Å². The monoisotopic (exact) mass is 362 g/mol. The van der Waals surface area contributed by atoms with Crippen LogP contribution in [0.2, 0.25) is 0 Å². The molecule has 1 N–H and O–H groups in total. The van der Waals surface area contributed by atoms with Crippen molar-refractivity contribution in [2.24, 2.45) is 11.8 Å². The number of carbonyl (C=O) groups is 1. The minimum atomic E-state index is -0.0534. The Balaban J connectivity index is 1.62. The van der Waals surface area contributed by atoms with Gasteiger partial charge in [-0.05, 0) is 25.1 Å². The highest BCUT2D eigenvalue weighted by molar-refractivity contribution is 5.92. The van der Waals surface area contributed by atoms with Crippen molar-refractivity contribution in [1.82, 2.24) is 19.7 Å². The van der Waals surface area contributed by atoms with E-state index in [4.69, 9.17) is 4.74 Å². The molecule has 3 heterocycles. The molecule has 0 saturated carbocycles. The first-order valence-electron chi connectivity index (χ1n) is 9.36. The molecule has 144 valence electrons. The first kappa shape index (κ1) is 19.2. The number of hydrogen-bond donors (Lipinski definition) is 1. The summed E-state index contributed by atoms with van der Waals surface area (Å²) in [6, 6.07) is 5.45. The predicted octanol–water partition coefficient (Wildman–Crippen LogP) is 0.156. The number of carbonyl (C=O) groups excluding carboxylic acids is 1. The number of ether oxygens (including phenoxy) is 1. The van der Waals surface area contributed by atoms with Gasteiger partial charge in [-0.3, -0.25) is 4.79 Å². The van der Waals surface area contributed by atoms with Crippen molar-refractivity contribution in [1.29, 1.82) is 0 Å². The van der Waals surface area contributed by atoms with E-state index in [1.54, 1.807) is 13.2 Å². The van der Waals surface area contributed by atoms with Gasteiger partial charge in [-0.25, -0.2) is 4.98 Å². The summed E-state index contributed by atoms with van der Waals surface area (Å²) in [6.07, 6.45) is 0.